The minimum atomic E-state index is -1.19. The molecule has 0 fully saturated rings. The van der Waals surface area contributed by atoms with Crippen molar-refractivity contribution in [2.24, 2.45) is 0 Å². The quantitative estimate of drug-likeness (QED) is 0.394. The first kappa shape index (κ1) is 15.9. The van der Waals surface area contributed by atoms with Gasteiger partial charge in [0.2, 0.25) is 6.54 Å². The van der Waals surface area contributed by atoms with Gasteiger partial charge in [-0.25, -0.2) is 4.79 Å². The summed E-state index contributed by atoms with van der Waals surface area (Å²) in [5, 5.41) is 19.8. The minimum absolute atomic E-state index is 0.233. The minimum Gasteiger partial charge on any atom is -0.428 e. The largest absolute Gasteiger partial charge is 0.514 e. The molecular formula is C13H17NO6. The van der Waals surface area contributed by atoms with Crippen molar-refractivity contribution in [2.45, 2.75) is 32.5 Å². The number of hydrogen-bond donors (Lipinski definition) is 1. The van der Waals surface area contributed by atoms with Gasteiger partial charge in [-0.2, -0.15) is 0 Å². The van der Waals surface area contributed by atoms with Gasteiger partial charge in [-0.3, -0.25) is 10.1 Å². The molecule has 0 aliphatic carbocycles. The fraction of sp³-hybridized carbons (Fsp3) is 0.462. The number of carbonyl (C=O) groups is 1. The van der Waals surface area contributed by atoms with Gasteiger partial charge < -0.3 is 14.6 Å². The third-order valence-corrected chi connectivity index (χ3v) is 2.18. The van der Waals surface area contributed by atoms with E-state index >= 15 is 0 Å². The van der Waals surface area contributed by atoms with Crippen LogP contribution in [0.15, 0.2) is 24.3 Å². The average molecular weight is 283 g/mol. The lowest BCUT2D eigenvalue weighted by Crippen LogP contribution is -2.25. The molecule has 7 heteroatoms. The Morgan fingerprint density at radius 1 is 1.35 bits per heavy atom. The molecule has 1 aromatic rings. The first-order valence-electron chi connectivity index (χ1n) is 5.98. The lowest BCUT2D eigenvalue weighted by Gasteiger charge is -2.18. The van der Waals surface area contributed by atoms with E-state index in [2.05, 4.69) is 0 Å². The van der Waals surface area contributed by atoms with Gasteiger partial charge in [0.05, 0.1) is 0 Å². The fourth-order valence-electron chi connectivity index (χ4n) is 1.37. The molecule has 0 radical (unpaired) electrons. The molecule has 0 heterocycles. The van der Waals surface area contributed by atoms with Crippen molar-refractivity contribution >= 4 is 6.16 Å². The highest BCUT2D eigenvalue weighted by Gasteiger charge is 2.18. The summed E-state index contributed by atoms with van der Waals surface area (Å²) in [5.74, 6) is 0.233. The van der Waals surface area contributed by atoms with Gasteiger partial charge in [0, 0.05) is 4.92 Å². The number of nitro groups is 1. The van der Waals surface area contributed by atoms with Crippen molar-refractivity contribution in [1.29, 1.82) is 0 Å². The molecule has 0 spiro atoms. The second-order valence-corrected chi connectivity index (χ2v) is 5.17. The standard InChI is InChI=1S/C13H17NO6/c1-13(2,3)20-12(16)19-10-6-4-9(5-7-10)11(15)8-14(17)18/h4-7,11,15H,8H2,1-3H3/t11-/m0/s1. The summed E-state index contributed by atoms with van der Waals surface area (Å²) in [4.78, 5) is 21.1. The maximum Gasteiger partial charge on any atom is 0.514 e. The van der Waals surface area contributed by atoms with E-state index in [-0.39, 0.29) is 5.75 Å². The van der Waals surface area contributed by atoms with Crippen LogP contribution in [0, 0.1) is 10.1 Å². The van der Waals surface area contributed by atoms with Crippen LogP contribution >= 0.6 is 0 Å². The lowest BCUT2D eigenvalue weighted by atomic mass is 10.1. The predicted molar refractivity (Wildman–Crippen MR) is 70.1 cm³/mol. The molecule has 0 aliphatic rings. The number of aliphatic hydroxyl groups is 1. The highest BCUT2D eigenvalue weighted by Crippen LogP contribution is 2.19. The summed E-state index contributed by atoms with van der Waals surface area (Å²) in [6.07, 6.45) is -2.03. The number of benzene rings is 1. The Kier molecular flexibility index (Phi) is 5.04. The van der Waals surface area contributed by atoms with Crippen molar-refractivity contribution < 1.29 is 24.3 Å². The molecule has 0 bridgehead atoms. The average Bonchev–Trinajstić information content (AvgIpc) is 2.26. The maximum atomic E-state index is 11.4. The van der Waals surface area contributed by atoms with E-state index in [0.29, 0.717) is 5.56 Å². The zero-order chi connectivity index (χ0) is 15.3. The highest BCUT2D eigenvalue weighted by atomic mass is 16.7. The normalized spacial score (nSPS) is 12.6. The Hall–Kier alpha value is -2.15. The Morgan fingerprint density at radius 2 is 1.90 bits per heavy atom. The number of hydrogen-bond acceptors (Lipinski definition) is 6. The van der Waals surface area contributed by atoms with E-state index in [1.54, 1.807) is 20.8 Å². The Balaban J connectivity index is 2.63. The van der Waals surface area contributed by atoms with Crippen LogP contribution < -0.4 is 4.74 Å². The molecule has 0 amide bonds. The number of aliphatic hydroxyl groups excluding tert-OH is 1. The second kappa shape index (κ2) is 6.33. The molecule has 1 N–H and O–H groups in total. The molecule has 1 atom stereocenters. The molecule has 1 rings (SSSR count). The third kappa shape index (κ3) is 5.66. The monoisotopic (exact) mass is 283 g/mol. The van der Waals surface area contributed by atoms with Gasteiger partial charge in [-0.1, -0.05) is 12.1 Å². The topological polar surface area (TPSA) is 98.9 Å². The van der Waals surface area contributed by atoms with Crippen LogP contribution in [0.5, 0.6) is 5.75 Å². The zero-order valence-corrected chi connectivity index (χ0v) is 11.5. The summed E-state index contributed by atoms with van der Waals surface area (Å²) < 4.78 is 9.90. The van der Waals surface area contributed by atoms with Crippen molar-refractivity contribution in [3.05, 3.63) is 39.9 Å². The van der Waals surface area contributed by atoms with Crippen molar-refractivity contribution in [3.63, 3.8) is 0 Å². The SMILES string of the molecule is CC(C)(C)OC(=O)Oc1ccc([C@@H](O)C[N+](=O)[O-])cc1. The van der Waals surface area contributed by atoms with Crippen LogP contribution in [-0.4, -0.2) is 28.3 Å². The molecule has 1 aromatic carbocycles. The number of ether oxygens (including phenoxy) is 2. The van der Waals surface area contributed by atoms with Crippen LogP contribution in [0.4, 0.5) is 4.79 Å². The molecule has 0 aromatic heterocycles. The predicted octanol–water partition coefficient (Wildman–Crippen LogP) is 2.31. The third-order valence-electron chi connectivity index (χ3n) is 2.18. The number of nitrogens with zero attached hydrogens (tertiary/aromatic N) is 1. The first-order valence-corrected chi connectivity index (χ1v) is 5.98. The van der Waals surface area contributed by atoms with E-state index < -0.39 is 29.3 Å². The zero-order valence-electron chi connectivity index (χ0n) is 11.5. The smallest absolute Gasteiger partial charge is 0.428 e. The van der Waals surface area contributed by atoms with Gasteiger partial charge in [0.25, 0.3) is 0 Å². The highest BCUT2D eigenvalue weighted by molar-refractivity contribution is 5.64. The van der Waals surface area contributed by atoms with Gasteiger partial charge in [0.1, 0.15) is 17.5 Å². The van der Waals surface area contributed by atoms with Crippen LogP contribution in [0.3, 0.4) is 0 Å². The van der Waals surface area contributed by atoms with Gasteiger partial charge >= 0.3 is 6.16 Å². The summed E-state index contributed by atoms with van der Waals surface area (Å²) in [5.41, 5.74) is -0.280. The molecule has 20 heavy (non-hydrogen) atoms. The molecule has 0 aliphatic heterocycles. The summed E-state index contributed by atoms with van der Waals surface area (Å²) in [6, 6.07) is 5.77. The Labute approximate surface area is 116 Å². The number of rotatable bonds is 4. The van der Waals surface area contributed by atoms with E-state index in [0.717, 1.165) is 0 Å². The summed E-state index contributed by atoms with van der Waals surface area (Å²) in [6.45, 7) is 4.56. The Bertz CT molecular complexity index is 477. The van der Waals surface area contributed by atoms with Crippen LogP contribution in [0.1, 0.15) is 32.4 Å². The fourth-order valence-corrected chi connectivity index (χ4v) is 1.37. The van der Waals surface area contributed by atoms with Crippen LogP contribution in [0.2, 0.25) is 0 Å². The van der Waals surface area contributed by atoms with E-state index in [1.807, 2.05) is 0 Å². The summed E-state index contributed by atoms with van der Waals surface area (Å²) >= 11 is 0. The second-order valence-electron chi connectivity index (χ2n) is 5.17. The molecule has 0 saturated carbocycles. The van der Waals surface area contributed by atoms with E-state index in [9.17, 15) is 20.0 Å². The van der Waals surface area contributed by atoms with Gasteiger partial charge in [-0.15, -0.1) is 0 Å². The van der Waals surface area contributed by atoms with Gasteiger partial charge in [0.15, 0.2) is 0 Å². The molecular weight excluding hydrogens is 266 g/mol. The van der Waals surface area contributed by atoms with Crippen molar-refractivity contribution in [1.82, 2.24) is 0 Å². The summed E-state index contributed by atoms with van der Waals surface area (Å²) in [7, 11) is 0. The van der Waals surface area contributed by atoms with Crippen LogP contribution in [-0.2, 0) is 4.74 Å². The molecule has 110 valence electrons. The van der Waals surface area contributed by atoms with Crippen LogP contribution in [0.25, 0.3) is 0 Å². The van der Waals surface area contributed by atoms with Gasteiger partial charge in [-0.05, 0) is 38.5 Å². The van der Waals surface area contributed by atoms with Crippen molar-refractivity contribution in [3.8, 4) is 5.75 Å². The Morgan fingerprint density at radius 3 is 2.35 bits per heavy atom. The van der Waals surface area contributed by atoms with E-state index in [1.165, 1.54) is 24.3 Å². The maximum absolute atomic E-state index is 11.4. The molecule has 7 nitrogen and oxygen atoms in total. The molecule has 0 saturated heterocycles. The lowest BCUT2D eigenvalue weighted by molar-refractivity contribution is -0.491. The van der Waals surface area contributed by atoms with E-state index in [4.69, 9.17) is 9.47 Å². The molecule has 0 unspecified atom stereocenters. The number of carbonyl (C=O) groups excluding carboxylic acids is 1. The van der Waals surface area contributed by atoms with Crippen molar-refractivity contribution in [2.75, 3.05) is 6.54 Å². The first-order chi connectivity index (χ1) is 9.17.